The molecule has 2 N–H and O–H groups in total. The van der Waals surface area contributed by atoms with E-state index in [1.165, 1.54) is 4.88 Å². The molecular weight excluding hydrogens is 322 g/mol. The van der Waals surface area contributed by atoms with Gasteiger partial charge < -0.3 is 15.1 Å². The number of aliphatic hydroxyl groups is 2. The summed E-state index contributed by atoms with van der Waals surface area (Å²) < 4.78 is 0. The Balaban J connectivity index is 1.84. The highest BCUT2D eigenvalue weighted by atomic mass is 32.1. The minimum Gasteiger partial charge on any atom is -0.396 e. The van der Waals surface area contributed by atoms with Gasteiger partial charge in [0.25, 0.3) is 0 Å². The van der Waals surface area contributed by atoms with Crippen LogP contribution in [0, 0.1) is 12.8 Å². The van der Waals surface area contributed by atoms with Crippen LogP contribution < -0.4 is 4.90 Å². The fraction of sp³-hybridized carbons (Fsp3) is 0.333. The summed E-state index contributed by atoms with van der Waals surface area (Å²) in [5.74, 6) is 1.41. The molecule has 4 rings (SSSR count). The van der Waals surface area contributed by atoms with E-state index in [9.17, 15) is 10.2 Å². The van der Waals surface area contributed by atoms with Crippen molar-refractivity contribution in [3.05, 3.63) is 41.3 Å². The number of benzene rings is 1. The number of fused-ring (bicyclic) bond motifs is 1. The largest absolute Gasteiger partial charge is 0.396 e. The van der Waals surface area contributed by atoms with Crippen molar-refractivity contribution < 1.29 is 10.2 Å². The number of rotatable bonds is 3. The Morgan fingerprint density at radius 2 is 2.00 bits per heavy atom. The lowest BCUT2D eigenvalue weighted by Gasteiger charge is -2.19. The monoisotopic (exact) mass is 341 g/mol. The van der Waals surface area contributed by atoms with Crippen LogP contribution in [0.5, 0.6) is 0 Å². The topological polar surface area (TPSA) is 69.5 Å². The highest BCUT2D eigenvalue weighted by Crippen LogP contribution is 2.33. The van der Waals surface area contributed by atoms with E-state index in [1.807, 2.05) is 30.3 Å². The van der Waals surface area contributed by atoms with Gasteiger partial charge in [-0.05, 0) is 31.2 Å². The minimum absolute atomic E-state index is 0.0162. The van der Waals surface area contributed by atoms with Crippen molar-refractivity contribution in [2.24, 2.45) is 5.92 Å². The SMILES string of the molecule is Cc1ccc(-c2nc(N3C[C@H](CO)[C@H](O)C3)c3ccccc3n2)s1. The van der Waals surface area contributed by atoms with E-state index in [2.05, 4.69) is 17.9 Å². The molecule has 0 radical (unpaired) electrons. The second-order valence-corrected chi connectivity index (χ2v) is 7.50. The summed E-state index contributed by atoms with van der Waals surface area (Å²) in [5.41, 5.74) is 0.894. The summed E-state index contributed by atoms with van der Waals surface area (Å²) in [7, 11) is 0. The van der Waals surface area contributed by atoms with Gasteiger partial charge in [-0.25, -0.2) is 9.97 Å². The molecule has 0 saturated carbocycles. The lowest BCUT2D eigenvalue weighted by atomic mass is 10.1. The van der Waals surface area contributed by atoms with Crippen LogP contribution in [0.3, 0.4) is 0 Å². The van der Waals surface area contributed by atoms with E-state index in [1.54, 1.807) is 11.3 Å². The van der Waals surface area contributed by atoms with Gasteiger partial charge in [0, 0.05) is 29.3 Å². The number of β-amino-alcohol motifs (C(OH)–C–C–N with tert-alkyl or cyclic N) is 1. The first-order chi connectivity index (χ1) is 11.7. The Hall–Kier alpha value is -2.02. The molecule has 2 aromatic heterocycles. The maximum atomic E-state index is 10.1. The Morgan fingerprint density at radius 3 is 2.71 bits per heavy atom. The summed E-state index contributed by atoms with van der Waals surface area (Å²) in [6, 6.07) is 12.0. The van der Waals surface area contributed by atoms with Crippen molar-refractivity contribution in [3.63, 3.8) is 0 Å². The van der Waals surface area contributed by atoms with Crippen LogP contribution in [0.4, 0.5) is 5.82 Å². The second kappa shape index (κ2) is 6.12. The van der Waals surface area contributed by atoms with Gasteiger partial charge in [-0.1, -0.05) is 12.1 Å². The molecule has 124 valence electrons. The number of aromatic nitrogens is 2. The zero-order valence-corrected chi connectivity index (χ0v) is 14.2. The van der Waals surface area contributed by atoms with E-state index >= 15 is 0 Å². The van der Waals surface area contributed by atoms with E-state index < -0.39 is 6.10 Å². The van der Waals surface area contributed by atoms with Crippen molar-refractivity contribution in [1.82, 2.24) is 9.97 Å². The van der Waals surface area contributed by atoms with E-state index in [0.29, 0.717) is 18.9 Å². The lowest BCUT2D eigenvalue weighted by Crippen LogP contribution is -2.22. The van der Waals surface area contributed by atoms with E-state index in [0.717, 1.165) is 21.6 Å². The summed E-state index contributed by atoms with van der Waals surface area (Å²) in [4.78, 5) is 13.8. The first kappa shape index (κ1) is 15.5. The molecule has 1 fully saturated rings. The predicted octanol–water partition coefficient (Wildman–Crippen LogP) is 2.46. The third-order valence-electron chi connectivity index (χ3n) is 4.48. The number of aliphatic hydroxyl groups excluding tert-OH is 2. The molecular formula is C18H19N3O2S. The maximum absolute atomic E-state index is 10.1. The van der Waals surface area contributed by atoms with Gasteiger partial charge >= 0.3 is 0 Å². The molecule has 3 aromatic rings. The molecule has 2 atom stereocenters. The van der Waals surface area contributed by atoms with E-state index in [-0.39, 0.29) is 12.5 Å². The summed E-state index contributed by atoms with van der Waals surface area (Å²) >= 11 is 1.67. The van der Waals surface area contributed by atoms with Crippen molar-refractivity contribution >= 4 is 28.1 Å². The van der Waals surface area contributed by atoms with Gasteiger partial charge in [0.1, 0.15) is 5.82 Å². The molecule has 1 aliphatic heterocycles. The Morgan fingerprint density at radius 1 is 1.17 bits per heavy atom. The first-order valence-corrected chi connectivity index (χ1v) is 8.85. The molecule has 3 heterocycles. The summed E-state index contributed by atoms with van der Waals surface area (Å²) in [6.07, 6.45) is -0.531. The molecule has 1 aliphatic rings. The third kappa shape index (κ3) is 2.66. The van der Waals surface area contributed by atoms with Crippen LogP contribution in [0.2, 0.25) is 0 Å². The fourth-order valence-electron chi connectivity index (χ4n) is 3.17. The van der Waals surface area contributed by atoms with Crippen LogP contribution in [0.25, 0.3) is 21.6 Å². The second-order valence-electron chi connectivity index (χ2n) is 6.21. The minimum atomic E-state index is -0.531. The normalized spacial score (nSPS) is 20.9. The van der Waals surface area contributed by atoms with Crippen LogP contribution >= 0.6 is 11.3 Å². The van der Waals surface area contributed by atoms with E-state index in [4.69, 9.17) is 9.97 Å². The molecule has 0 spiro atoms. The van der Waals surface area contributed by atoms with Gasteiger partial charge in [0.2, 0.25) is 0 Å². The lowest BCUT2D eigenvalue weighted by molar-refractivity contribution is 0.104. The number of hydrogen-bond donors (Lipinski definition) is 2. The average Bonchev–Trinajstić information content (AvgIpc) is 3.19. The van der Waals surface area contributed by atoms with Crippen molar-refractivity contribution in [2.75, 3.05) is 24.6 Å². The van der Waals surface area contributed by atoms with Gasteiger partial charge in [0.15, 0.2) is 5.82 Å². The van der Waals surface area contributed by atoms with Gasteiger partial charge in [-0.2, -0.15) is 0 Å². The molecule has 1 aromatic carbocycles. The Labute approximate surface area is 144 Å². The summed E-state index contributed by atoms with van der Waals surface area (Å²) in [6.45, 7) is 3.13. The number of anilines is 1. The summed E-state index contributed by atoms with van der Waals surface area (Å²) in [5, 5.41) is 20.5. The highest BCUT2D eigenvalue weighted by molar-refractivity contribution is 7.15. The maximum Gasteiger partial charge on any atom is 0.172 e. The molecule has 5 nitrogen and oxygen atoms in total. The van der Waals surface area contributed by atoms with Crippen LogP contribution in [0.1, 0.15) is 4.88 Å². The van der Waals surface area contributed by atoms with Crippen molar-refractivity contribution in [1.29, 1.82) is 0 Å². The third-order valence-corrected chi connectivity index (χ3v) is 5.48. The molecule has 1 saturated heterocycles. The Kier molecular flexibility index (Phi) is 3.96. The van der Waals surface area contributed by atoms with Gasteiger partial charge in [-0.15, -0.1) is 11.3 Å². The van der Waals surface area contributed by atoms with Crippen LogP contribution in [-0.4, -0.2) is 46.0 Å². The smallest absolute Gasteiger partial charge is 0.172 e. The molecule has 0 unspecified atom stereocenters. The number of thiophene rings is 1. The first-order valence-electron chi connectivity index (χ1n) is 8.03. The highest BCUT2D eigenvalue weighted by Gasteiger charge is 2.32. The fourth-order valence-corrected chi connectivity index (χ4v) is 3.97. The zero-order chi connectivity index (χ0) is 16.7. The standard InChI is InChI=1S/C18H19N3O2S/c1-11-6-7-16(24-11)17-19-14-5-3-2-4-13(14)18(20-17)21-8-12(10-22)15(23)9-21/h2-7,12,15,22-23H,8-10H2,1H3/t12-,15-/m1/s1. The molecule has 0 amide bonds. The van der Waals surface area contributed by atoms with Gasteiger partial charge in [0.05, 0.1) is 23.1 Å². The zero-order valence-electron chi connectivity index (χ0n) is 13.4. The molecule has 6 heteroatoms. The Bertz CT molecular complexity index is 880. The van der Waals surface area contributed by atoms with Crippen molar-refractivity contribution in [2.45, 2.75) is 13.0 Å². The average molecular weight is 341 g/mol. The van der Waals surface area contributed by atoms with Crippen LogP contribution in [0.15, 0.2) is 36.4 Å². The number of hydrogen-bond acceptors (Lipinski definition) is 6. The van der Waals surface area contributed by atoms with Crippen LogP contribution in [-0.2, 0) is 0 Å². The number of para-hydroxylation sites is 1. The predicted molar refractivity (Wildman–Crippen MR) is 96.4 cm³/mol. The molecule has 0 bridgehead atoms. The molecule has 0 aliphatic carbocycles. The quantitative estimate of drug-likeness (QED) is 0.766. The van der Waals surface area contributed by atoms with Gasteiger partial charge in [-0.3, -0.25) is 0 Å². The molecule has 24 heavy (non-hydrogen) atoms. The number of aryl methyl sites for hydroxylation is 1. The number of nitrogens with zero attached hydrogens (tertiary/aromatic N) is 3. The van der Waals surface area contributed by atoms with Crippen molar-refractivity contribution in [3.8, 4) is 10.7 Å².